The van der Waals surface area contributed by atoms with Gasteiger partial charge < -0.3 is 14.2 Å². The van der Waals surface area contributed by atoms with Crippen molar-refractivity contribution in [2.45, 2.75) is 53.2 Å². The van der Waals surface area contributed by atoms with E-state index in [1.165, 1.54) is 22.8 Å². The molecule has 1 aromatic heterocycles. The van der Waals surface area contributed by atoms with E-state index in [9.17, 15) is 19.7 Å². The highest BCUT2D eigenvalue weighted by molar-refractivity contribution is 7.07. The van der Waals surface area contributed by atoms with Crippen LogP contribution < -0.4 is 24.4 Å². The predicted octanol–water partition coefficient (Wildman–Crippen LogP) is 4.22. The summed E-state index contributed by atoms with van der Waals surface area (Å²) in [7, 11) is 0. The highest BCUT2D eigenvalue weighted by Gasteiger charge is 2.30. The first kappa shape index (κ1) is 28.8. The number of hydrogen-bond donors (Lipinski definition) is 0. The summed E-state index contributed by atoms with van der Waals surface area (Å²) in [6, 6.07) is 11.8. The molecule has 3 aromatic rings. The van der Waals surface area contributed by atoms with E-state index in [4.69, 9.17) is 14.2 Å². The van der Waals surface area contributed by atoms with Crippen LogP contribution in [-0.2, 0) is 16.1 Å². The van der Waals surface area contributed by atoms with Gasteiger partial charge in [0.15, 0.2) is 16.3 Å². The highest BCUT2D eigenvalue weighted by atomic mass is 32.1. The molecule has 0 N–H and O–H groups in total. The number of benzene rings is 2. The summed E-state index contributed by atoms with van der Waals surface area (Å²) in [6.07, 6.45) is 2.86. The Labute approximate surface area is 235 Å². The molecule has 0 unspecified atom stereocenters. The second-order valence-corrected chi connectivity index (χ2v) is 10.0. The second kappa shape index (κ2) is 12.7. The molecule has 4 rings (SSSR count). The van der Waals surface area contributed by atoms with Gasteiger partial charge in [-0.3, -0.25) is 19.5 Å². The second-order valence-electron chi connectivity index (χ2n) is 9.01. The Hall–Kier alpha value is -4.25. The summed E-state index contributed by atoms with van der Waals surface area (Å²) in [4.78, 5) is 42.9. The summed E-state index contributed by atoms with van der Waals surface area (Å²) >= 11 is 1.12. The van der Waals surface area contributed by atoms with Crippen LogP contribution in [0.5, 0.6) is 11.5 Å². The number of hydrogen-bond acceptors (Lipinski definition) is 9. The molecule has 0 radical (unpaired) electrons. The van der Waals surface area contributed by atoms with Gasteiger partial charge in [-0.1, -0.05) is 55.0 Å². The zero-order valence-electron chi connectivity index (χ0n) is 22.8. The van der Waals surface area contributed by atoms with Crippen molar-refractivity contribution in [3.8, 4) is 11.5 Å². The maximum Gasteiger partial charge on any atom is 0.337 e. The number of aromatic nitrogens is 1. The van der Waals surface area contributed by atoms with Gasteiger partial charge in [0.1, 0.15) is 6.61 Å². The van der Waals surface area contributed by atoms with E-state index in [1.807, 2.05) is 37.3 Å². The number of nitrogens with zero attached hydrogens (tertiary/aromatic N) is 3. The van der Waals surface area contributed by atoms with Crippen molar-refractivity contribution in [2.75, 3.05) is 13.2 Å². The normalized spacial score (nSPS) is 14.9. The Morgan fingerprint density at radius 3 is 2.50 bits per heavy atom. The van der Waals surface area contributed by atoms with Crippen molar-refractivity contribution in [3.05, 3.63) is 89.0 Å². The third-order valence-corrected chi connectivity index (χ3v) is 7.28. The molecule has 210 valence electrons. The largest absolute Gasteiger partial charge is 0.490 e. The third-order valence-electron chi connectivity index (χ3n) is 6.30. The van der Waals surface area contributed by atoms with Gasteiger partial charge >= 0.3 is 5.97 Å². The summed E-state index contributed by atoms with van der Waals surface area (Å²) in [5, 5.41) is 12.1. The molecular formula is C29H31N3O7S. The fraction of sp³-hybridized carbons (Fsp3) is 0.345. The van der Waals surface area contributed by atoms with Crippen molar-refractivity contribution >= 4 is 34.8 Å². The van der Waals surface area contributed by atoms with Crippen LogP contribution in [0, 0.1) is 10.1 Å². The molecule has 1 atom stereocenters. The Morgan fingerprint density at radius 1 is 1.12 bits per heavy atom. The molecule has 40 heavy (non-hydrogen) atoms. The van der Waals surface area contributed by atoms with Crippen LogP contribution in [0.25, 0.3) is 11.8 Å². The lowest BCUT2D eigenvalue weighted by Crippen LogP contribution is -2.37. The monoisotopic (exact) mass is 565 g/mol. The van der Waals surface area contributed by atoms with Gasteiger partial charge in [-0.25, -0.2) is 9.79 Å². The molecule has 1 aliphatic heterocycles. The minimum absolute atomic E-state index is 0.189. The predicted molar refractivity (Wildman–Crippen MR) is 152 cm³/mol. The van der Waals surface area contributed by atoms with Crippen molar-refractivity contribution in [2.24, 2.45) is 4.99 Å². The van der Waals surface area contributed by atoms with Crippen molar-refractivity contribution < 1.29 is 23.9 Å². The molecule has 10 nitrogen and oxygen atoms in total. The minimum atomic E-state index is -0.520. The lowest BCUT2D eigenvalue weighted by Gasteiger charge is -2.21. The number of thiazole rings is 1. The van der Waals surface area contributed by atoms with E-state index in [2.05, 4.69) is 4.99 Å². The Morgan fingerprint density at radius 2 is 1.85 bits per heavy atom. The standard InChI is InChI=1S/C29H31N3O7S/c1-5-11-21-26(28(34)38-7-3)18(4)31-27(33)25(40-29(31)30-21)15-20-14-23(37-6-2)24(16-22(20)32(35)36)39-17-19-12-9-8-10-13-19/h8-10,12-16,21H,5-7,11,17H2,1-4H3/b25-15-/t21-/m0/s1. The fourth-order valence-electron chi connectivity index (χ4n) is 4.49. The van der Waals surface area contributed by atoms with Gasteiger partial charge in [-0.05, 0) is 44.9 Å². The molecule has 2 heterocycles. The zero-order chi connectivity index (χ0) is 28.8. The van der Waals surface area contributed by atoms with Gasteiger partial charge in [-0.15, -0.1) is 0 Å². The minimum Gasteiger partial charge on any atom is -0.490 e. The maximum atomic E-state index is 13.5. The lowest BCUT2D eigenvalue weighted by atomic mass is 10.00. The van der Waals surface area contributed by atoms with E-state index in [-0.39, 0.29) is 34.7 Å². The number of carbonyl (C=O) groups is 1. The zero-order valence-corrected chi connectivity index (χ0v) is 23.7. The van der Waals surface area contributed by atoms with Crippen LogP contribution in [0.2, 0.25) is 0 Å². The lowest BCUT2D eigenvalue weighted by molar-refractivity contribution is -0.385. The Balaban J connectivity index is 1.84. The van der Waals surface area contributed by atoms with Crippen LogP contribution in [0.15, 0.2) is 57.8 Å². The van der Waals surface area contributed by atoms with Crippen LogP contribution in [0.1, 0.15) is 51.7 Å². The first-order chi connectivity index (χ1) is 19.3. The van der Waals surface area contributed by atoms with E-state index in [1.54, 1.807) is 20.8 Å². The number of nitro groups is 1. The molecular weight excluding hydrogens is 534 g/mol. The van der Waals surface area contributed by atoms with Crippen LogP contribution >= 0.6 is 11.3 Å². The van der Waals surface area contributed by atoms with Crippen LogP contribution in [0.3, 0.4) is 0 Å². The summed E-state index contributed by atoms with van der Waals surface area (Å²) in [5.41, 5.74) is 1.24. The van der Waals surface area contributed by atoms with E-state index < -0.39 is 22.5 Å². The van der Waals surface area contributed by atoms with Gasteiger partial charge in [0, 0.05) is 5.70 Å². The van der Waals surface area contributed by atoms with Crippen molar-refractivity contribution in [3.63, 3.8) is 0 Å². The average Bonchev–Trinajstić information content (AvgIpc) is 3.23. The van der Waals surface area contributed by atoms with Crippen molar-refractivity contribution in [1.82, 2.24) is 4.57 Å². The number of carbonyl (C=O) groups excluding carboxylic acids is 1. The van der Waals surface area contributed by atoms with Crippen LogP contribution in [0.4, 0.5) is 5.69 Å². The molecule has 0 fully saturated rings. The maximum absolute atomic E-state index is 13.5. The summed E-state index contributed by atoms with van der Waals surface area (Å²) < 4.78 is 18.5. The van der Waals surface area contributed by atoms with Gasteiger partial charge in [0.2, 0.25) is 0 Å². The van der Waals surface area contributed by atoms with Crippen LogP contribution in [-0.4, -0.2) is 34.7 Å². The third kappa shape index (κ3) is 5.99. The molecule has 2 aromatic carbocycles. The van der Waals surface area contributed by atoms with Gasteiger partial charge in [-0.2, -0.15) is 0 Å². The SMILES string of the molecule is CCC[C@@H]1N=c2s/c(=C\c3cc(OCC)c(OCc4ccccc4)cc3[N+](=O)[O-])c(=O)n2C(C)=C1C(=O)OCC. The Kier molecular flexibility index (Phi) is 9.15. The summed E-state index contributed by atoms with van der Waals surface area (Å²) in [6.45, 7) is 7.93. The first-order valence-corrected chi connectivity index (χ1v) is 13.9. The Bertz CT molecular complexity index is 1620. The highest BCUT2D eigenvalue weighted by Crippen LogP contribution is 2.36. The number of rotatable bonds is 11. The van der Waals surface area contributed by atoms with Gasteiger partial charge in [0.25, 0.3) is 11.2 Å². The molecule has 0 amide bonds. The number of ether oxygens (including phenoxy) is 3. The first-order valence-electron chi connectivity index (χ1n) is 13.1. The summed E-state index contributed by atoms with van der Waals surface area (Å²) in [5.74, 6) is 0.0525. The molecule has 11 heteroatoms. The molecule has 0 aliphatic carbocycles. The van der Waals surface area contributed by atoms with E-state index in [0.717, 1.165) is 23.3 Å². The van der Waals surface area contributed by atoms with Crippen molar-refractivity contribution in [1.29, 1.82) is 0 Å². The number of nitro benzene ring substituents is 1. The number of esters is 1. The topological polar surface area (TPSA) is 122 Å². The number of fused-ring (bicyclic) bond motifs is 1. The molecule has 0 saturated heterocycles. The number of allylic oxidation sites excluding steroid dienone is 1. The molecule has 1 aliphatic rings. The van der Waals surface area contributed by atoms with E-state index in [0.29, 0.717) is 34.8 Å². The smallest absolute Gasteiger partial charge is 0.337 e. The van der Waals surface area contributed by atoms with Gasteiger partial charge in [0.05, 0.1) is 45.9 Å². The quantitative estimate of drug-likeness (QED) is 0.194. The van der Waals surface area contributed by atoms with E-state index >= 15 is 0 Å². The molecule has 0 spiro atoms. The average molecular weight is 566 g/mol. The molecule has 0 saturated carbocycles. The molecule has 0 bridgehead atoms. The fourth-order valence-corrected chi connectivity index (χ4v) is 5.54.